The summed E-state index contributed by atoms with van der Waals surface area (Å²) in [5.41, 5.74) is 0. The Labute approximate surface area is 90.5 Å². The Kier molecular flexibility index (Phi) is 7.94. The number of hydrogen-bond acceptors (Lipinski definition) is 0. The van der Waals surface area contributed by atoms with Gasteiger partial charge in [-0.1, -0.05) is 0 Å². The molecule has 0 aliphatic carbocycles. The van der Waals surface area contributed by atoms with Gasteiger partial charge in [0.15, 0.2) is 18.7 Å². The number of imidazole rings is 1. The molecule has 0 atom stereocenters. The number of hydrogen-bond donors (Lipinski definition) is 0. The summed E-state index contributed by atoms with van der Waals surface area (Å²) in [6.45, 7) is 0. The Hall–Kier alpha value is 1.33. The van der Waals surface area contributed by atoms with Gasteiger partial charge in [0.05, 0.1) is 0 Å². The van der Waals surface area contributed by atoms with E-state index in [-0.39, 0.29) is 0 Å². The molecule has 0 saturated heterocycles. The van der Waals surface area contributed by atoms with Crippen LogP contribution in [0.5, 0.6) is 0 Å². The number of halogens is 2. The summed E-state index contributed by atoms with van der Waals surface area (Å²) in [5, 5.41) is 0. The van der Waals surface area contributed by atoms with E-state index in [4.69, 9.17) is 0 Å². The Balaban J connectivity index is 0.000000236. The summed E-state index contributed by atoms with van der Waals surface area (Å²) in [6, 6.07) is 0. The predicted molar refractivity (Wildman–Crippen MR) is 56.8 cm³/mol. The van der Waals surface area contributed by atoms with Gasteiger partial charge >= 0.3 is 49.8 Å². The average Bonchev–Trinajstić information content (AvgIpc) is 2.17. The second-order valence-electron chi connectivity index (χ2n) is 1.79. The van der Waals surface area contributed by atoms with Crippen molar-refractivity contribution in [3.8, 4) is 0 Å². The second-order valence-corrected chi connectivity index (χ2v) is 13.8. The van der Waals surface area contributed by atoms with Gasteiger partial charge in [-0.2, -0.15) is 0 Å². The van der Waals surface area contributed by atoms with Gasteiger partial charge in [0, 0.05) is 14.1 Å². The second kappa shape index (κ2) is 7.01. The molecule has 1 heterocycles. The molecular formula is C5H9I2N2Pd+. The summed E-state index contributed by atoms with van der Waals surface area (Å²) in [7, 11) is 4.89. The van der Waals surface area contributed by atoms with Crippen LogP contribution in [0.1, 0.15) is 0 Å². The van der Waals surface area contributed by atoms with Crippen LogP contribution in [0.15, 0.2) is 18.7 Å². The average molecular weight is 457 g/mol. The zero-order chi connectivity index (χ0) is 7.98. The molecule has 1 aromatic heterocycles. The third-order valence-electron chi connectivity index (χ3n) is 0.901. The van der Waals surface area contributed by atoms with Crippen LogP contribution in [-0.2, 0) is 24.8 Å². The molecule has 0 amide bonds. The van der Waals surface area contributed by atoms with Crippen molar-refractivity contribution in [1.82, 2.24) is 9.13 Å². The first-order chi connectivity index (χ1) is 4.70. The van der Waals surface area contributed by atoms with Gasteiger partial charge in [-0.15, -0.1) is 0 Å². The summed E-state index contributed by atoms with van der Waals surface area (Å²) >= 11 is 4.65. The summed E-state index contributed by atoms with van der Waals surface area (Å²) in [6.07, 6.45) is 6.00. The molecule has 0 radical (unpaired) electrons. The van der Waals surface area contributed by atoms with E-state index < -0.39 is 0 Å². The van der Waals surface area contributed by atoms with Gasteiger partial charge in [-0.25, -0.2) is 9.13 Å². The molecule has 0 fully saturated rings. The molecule has 0 aromatic carbocycles. The van der Waals surface area contributed by atoms with Gasteiger partial charge in [0.2, 0.25) is 0 Å². The first-order valence-electron chi connectivity index (χ1n) is 2.50. The van der Waals surface area contributed by atoms with Crippen LogP contribution < -0.4 is 0 Å². The summed E-state index contributed by atoms with van der Waals surface area (Å²) < 4.78 is 4.00. The van der Waals surface area contributed by atoms with E-state index in [0.717, 1.165) is 10.8 Å². The van der Waals surface area contributed by atoms with Crippen LogP contribution in [0.3, 0.4) is 0 Å². The molecule has 0 aliphatic rings. The van der Waals surface area contributed by atoms with Crippen LogP contribution in [0.4, 0.5) is 0 Å². The van der Waals surface area contributed by atoms with Crippen molar-refractivity contribution >= 4 is 39.0 Å². The molecule has 0 spiro atoms. The van der Waals surface area contributed by atoms with E-state index in [2.05, 4.69) is 39.0 Å². The maximum absolute atomic E-state index is 2.33. The van der Waals surface area contributed by atoms with Gasteiger partial charge in [0.25, 0.3) is 0 Å². The first-order valence-corrected chi connectivity index (χ1v) is 11.7. The number of rotatable bonds is 0. The first kappa shape index (κ1) is 11.3. The minimum absolute atomic E-state index is 0.890. The van der Waals surface area contributed by atoms with Crippen LogP contribution in [0, 0.1) is 0 Å². The van der Waals surface area contributed by atoms with Crippen LogP contribution in [-0.4, -0.2) is 9.13 Å². The predicted octanol–water partition coefficient (Wildman–Crippen LogP) is 2.41. The molecule has 0 bridgehead atoms. The third kappa shape index (κ3) is 6.07. The Morgan fingerprint density at radius 2 is 1.50 bits per heavy atom. The van der Waals surface area contributed by atoms with E-state index in [1.807, 2.05) is 42.0 Å². The van der Waals surface area contributed by atoms with Gasteiger partial charge in [-0.3, -0.25) is 0 Å². The van der Waals surface area contributed by atoms with Crippen LogP contribution >= 0.6 is 39.0 Å². The fourth-order valence-electron chi connectivity index (χ4n) is 0.575. The van der Waals surface area contributed by atoms with E-state index in [0.29, 0.717) is 0 Å². The van der Waals surface area contributed by atoms with Crippen LogP contribution in [0.2, 0.25) is 0 Å². The number of aryl methyl sites for hydroxylation is 2. The van der Waals surface area contributed by atoms with E-state index in [9.17, 15) is 0 Å². The Morgan fingerprint density at radius 1 is 1.20 bits per heavy atom. The monoisotopic (exact) mass is 457 g/mol. The zero-order valence-corrected chi connectivity index (χ0v) is 11.6. The molecular weight excluding hydrogens is 448 g/mol. The molecule has 10 heavy (non-hydrogen) atoms. The van der Waals surface area contributed by atoms with E-state index in [1.54, 1.807) is 0 Å². The van der Waals surface area contributed by atoms with Crippen molar-refractivity contribution in [3.05, 3.63) is 18.7 Å². The number of nitrogens with zero attached hydrogens (tertiary/aromatic N) is 2. The fraction of sp³-hybridized carbons (Fsp3) is 0.400. The molecule has 0 unspecified atom stereocenters. The SMILES string of the molecule is Cn1ccn(C)[cH+]1.[I][Pd][I]. The maximum atomic E-state index is 2.33. The molecule has 1 rings (SSSR count). The zero-order valence-electron chi connectivity index (χ0n) is 5.70. The van der Waals surface area contributed by atoms with Crippen molar-refractivity contribution < 1.29 is 10.8 Å². The van der Waals surface area contributed by atoms with Crippen molar-refractivity contribution in [2.24, 2.45) is 14.1 Å². The standard InChI is InChI=1S/C5H9N2.2HI.Pd/c1-6-3-4-7(2)5-6;;;/h3-5H,1-2H3;2*1H;/q+1;;;+2/p-2. The topological polar surface area (TPSA) is 9.86 Å². The van der Waals surface area contributed by atoms with Gasteiger partial charge in [-0.05, 0) is 0 Å². The number of aromatic nitrogens is 2. The normalized spacial score (nSPS) is 8.80. The van der Waals surface area contributed by atoms with E-state index >= 15 is 0 Å². The Bertz CT molecular complexity index is 161. The summed E-state index contributed by atoms with van der Waals surface area (Å²) in [4.78, 5) is 0. The van der Waals surface area contributed by atoms with Crippen molar-refractivity contribution in [1.29, 1.82) is 0 Å². The summed E-state index contributed by atoms with van der Waals surface area (Å²) in [5.74, 6) is 0. The molecule has 5 heteroatoms. The van der Waals surface area contributed by atoms with Crippen LogP contribution in [0.25, 0.3) is 0 Å². The molecule has 62 valence electrons. The Morgan fingerprint density at radius 3 is 1.60 bits per heavy atom. The molecule has 1 aromatic rings. The van der Waals surface area contributed by atoms with Gasteiger partial charge in [0.1, 0.15) is 0 Å². The molecule has 2 nitrogen and oxygen atoms in total. The fourth-order valence-corrected chi connectivity index (χ4v) is 0.575. The minimum atomic E-state index is 0.890. The van der Waals surface area contributed by atoms with Gasteiger partial charge < -0.3 is 0 Å². The third-order valence-corrected chi connectivity index (χ3v) is 0.901. The molecule has 0 saturated carbocycles. The molecule has 0 aliphatic heterocycles. The molecule has 0 N–H and O–H groups in total. The van der Waals surface area contributed by atoms with E-state index in [1.165, 1.54) is 0 Å². The quantitative estimate of drug-likeness (QED) is 0.322. The van der Waals surface area contributed by atoms with Crippen molar-refractivity contribution in [2.75, 3.05) is 0 Å². The van der Waals surface area contributed by atoms with Crippen molar-refractivity contribution in [2.45, 2.75) is 0 Å². The van der Waals surface area contributed by atoms with Crippen molar-refractivity contribution in [3.63, 3.8) is 0 Å².